The van der Waals surface area contributed by atoms with Crippen molar-refractivity contribution in [1.82, 2.24) is 15.1 Å². The van der Waals surface area contributed by atoms with Gasteiger partial charge in [-0.15, -0.1) is 0 Å². The Bertz CT molecular complexity index is 630. The van der Waals surface area contributed by atoms with Gasteiger partial charge in [0.05, 0.1) is 18.2 Å². The lowest BCUT2D eigenvalue weighted by Crippen LogP contribution is -2.51. The zero-order chi connectivity index (χ0) is 17.5. The molecule has 0 radical (unpaired) electrons. The normalized spacial score (nSPS) is 16.3. The second-order valence-corrected chi connectivity index (χ2v) is 6.14. The summed E-state index contributed by atoms with van der Waals surface area (Å²) in [7, 11) is 0. The van der Waals surface area contributed by atoms with E-state index in [4.69, 9.17) is 5.26 Å². The summed E-state index contributed by atoms with van der Waals surface area (Å²) in [5.74, 6) is -0.0262. The Kier molecular flexibility index (Phi) is 6.33. The maximum atomic E-state index is 12.5. The largest absolute Gasteiger partial charge is 0.353 e. The van der Waals surface area contributed by atoms with Crippen LogP contribution in [0.1, 0.15) is 36.2 Å². The fourth-order valence-electron chi connectivity index (χ4n) is 2.64. The lowest BCUT2D eigenvalue weighted by atomic mass is 10.1. The number of nitriles is 1. The van der Waals surface area contributed by atoms with Crippen molar-refractivity contribution in [2.75, 3.05) is 32.7 Å². The molecule has 0 aliphatic carbocycles. The molecule has 0 spiro atoms. The van der Waals surface area contributed by atoms with Gasteiger partial charge in [-0.1, -0.05) is 13.0 Å². The fraction of sp³-hybridized carbons (Fsp3) is 0.500. The Morgan fingerprint density at radius 1 is 1.29 bits per heavy atom. The molecule has 1 aromatic rings. The number of carbonyl (C=O) groups excluding carboxylic acids is 2. The summed E-state index contributed by atoms with van der Waals surface area (Å²) in [5, 5.41) is 11.9. The summed E-state index contributed by atoms with van der Waals surface area (Å²) in [6, 6.07) is 9.00. The Morgan fingerprint density at radius 3 is 2.62 bits per heavy atom. The van der Waals surface area contributed by atoms with E-state index in [0.29, 0.717) is 43.9 Å². The van der Waals surface area contributed by atoms with Crippen molar-refractivity contribution in [2.24, 2.45) is 0 Å². The van der Waals surface area contributed by atoms with Gasteiger partial charge in [-0.2, -0.15) is 5.26 Å². The SMILES string of the molecule is CCC(C)NC(=O)CN1CCN(C(=O)c2cccc(C#N)c2)CC1. The monoisotopic (exact) mass is 328 g/mol. The van der Waals surface area contributed by atoms with Gasteiger partial charge in [0.1, 0.15) is 0 Å². The minimum atomic E-state index is -0.0594. The summed E-state index contributed by atoms with van der Waals surface area (Å²) >= 11 is 0. The van der Waals surface area contributed by atoms with Gasteiger partial charge in [0, 0.05) is 37.8 Å². The van der Waals surface area contributed by atoms with Gasteiger partial charge < -0.3 is 10.2 Å². The van der Waals surface area contributed by atoms with Gasteiger partial charge >= 0.3 is 0 Å². The molecule has 6 nitrogen and oxygen atoms in total. The van der Waals surface area contributed by atoms with Crippen molar-refractivity contribution in [3.8, 4) is 6.07 Å². The number of hydrogen-bond donors (Lipinski definition) is 1. The Labute approximate surface area is 143 Å². The molecule has 1 saturated heterocycles. The smallest absolute Gasteiger partial charge is 0.253 e. The highest BCUT2D eigenvalue weighted by Crippen LogP contribution is 2.10. The summed E-state index contributed by atoms with van der Waals surface area (Å²) in [6.45, 7) is 6.93. The van der Waals surface area contributed by atoms with E-state index < -0.39 is 0 Å². The highest BCUT2D eigenvalue weighted by Gasteiger charge is 2.23. The molecule has 0 aromatic heterocycles. The van der Waals surface area contributed by atoms with Crippen molar-refractivity contribution < 1.29 is 9.59 Å². The van der Waals surface area contributed by atoms with E-state index in [-0.39, 0.29) is 17.9 Å². The zero-order valence-corrected chi connectivity index (χ0v) is 14.3. The molecule has 2 amide bonds. The fourth-order valence-corrected chi connectivity index (χ4v) is 2.64. The van der Waals surface area contributed by atoms with Crippen LogP contribution in [-0.4, -0.2) is 60.4 Å². The van der Waals surface area contributed by atoms with Gasteiger partial charge in [-0.3, -0.25) is 14.5 Å². The number of benzene rings is 1. The summed E-state index contributed by atoms with van der Waals surface area (Å²) in [4.78, 5) is 28.3. The van der Waals surface area contributed by atoms with E-state index in [9.17, 15) is 9.59 Å². The minimum Gasteiger partial charge on any atom is -0.353 e. The first-order valence-corrected chi connectivity index (χ1v) is 8.34. The molecule has 1 unspecified atom stereocenters. The Hall–Kier alpha value is -2.39. The summed E-state index contributed by atoms with van der Waals surface area (Å²) in [5.41, 5.74) is 1.03. The third-order valence-electron chi connectivity index (χ3n) is 4.29. The average Bonchev–Trinajstić information content (AvgIpc) is 2.61. The van der Waals surface area contributed by atoms with Crippen LogP contribution in [0.25, 0.3) is 0 Å². The molecule has 6 heteroatoms. The second-order valence-electron chi connectivity index (χ2n) is 6.14. The first kappa shape index (κ1) is 18.0. The first-order chi connectivity index (χ1) is 11.5. The quantitative estimate of drug-likeness (QED) is 0.882. The molecule has 0 bridgehead atoms. The standard InChI is InChI=1S/C18H24N4O2/c1-3-14(2)20-17(23)13-21-7-9-22(10-8-21)18(24)16-6-4-5-15(11-16)12-19/h4-6,11,14H,3,7-10,13H2,1-2H3,(H,20,23). The predicted molar refractivity (Wildman–Crippen MR) is 91.4 cm³/mol. The average molecular weight is 328 g/mol. The number of amides is 2. The molecule has 0 saturated carbocycles. The van der Waals surface area contributed by atoms with Crippen LogP contribution in [0.4, 0.5) is 0 Å². The lowest BCUT2D eigenvalue weighted by Gasteiger charge is -2.34. The molecule has 1 N–H and O–H groups in total. The van der Waals surface area contributed by atoms with Crippen LogP contribution in [0.2, 0.25) is 0 Å². The highest BCUT2D eigenvalue weighted by atomic mass is 16.2. The van der Waals surface area contributed by atoms with Crippen molar-refractivity contribution in [3.63, 3.8) is 0 Å². The van der Waals surface area contributed by atoms with Crippen LogP contribution in [0.5, 0.6) is 0 Å². The molecule has 1 fully saturated rings. The Morgan fingerprint density at radius 2 is 2.00 bits per heavy atom. The summed E-state index contributed by atoms with van der Waals surface area (Å²) < 4.78 is 0. The number of hydrogen-bond acceptors (Lipinski definition) is 4. The molecule has 1 atom stereocenters. The molecule has 1 heterocycles. The van der Waals surface area contributed by atoms with E-state index >= 15 is 0 Å². The van der Waals surface area contributed by atoms with E-state index in [2.05, 4.69) is 16.3 Å². The van der Waals surface area contributed by atoms with E-state index in [0.717, 1.165) is 6.42 Å². The van der Waals surface area contributed by atoms with Crippen molar-refractivity contribution in [1.29, 1.82) is 5.26 Å². The van der Waals surface area contributed by atoms with Crippen molar-refractivity contribution in [2.45, 2.75) is 26.3 Å². The van der Waals surface area contributed by atoms with Crippen LogP contribution in [-0.2, 0) is 4.79 Å². The van der Waals surface area contributed by atoms with E-state index in [1.54, 1.807) is 29.2 Å². The lowest BCUT2D eigenvalue weighted by molar-refractivity contribution is -0.123. The molecule has 24 heavy (non-hydrogen) atoms. The third kappa shape index (κ3) is 4.80. The Balaban J connectivity index is 1.85. The van der Waals surface area contributed by atoms with Gasteiger partial charge in [-0.05, 0) is 31.5 Å². The molecule has 1 aliphatic heterocycles. The predicted octanol–water partition coefficient (Wildman–Crippen LogP) is 1.23. The van der Waals surface area contributed by atoms with Crippen molar-refractivity contribution >= 4 is 11.8 Å². The molecule has 1 aromatic carbocycles. The molecular formula is C18H24N4O2. The van der Waals surface area contributed by atoms with E-state index in [1.165, 1.54) is 0 Å². The number of nitrogens with one attached hydrogen (secondary N) is 1. The first-order valence-electron chi connectivity index (χ1n) is 8.34. The van der Waals surface area contributed by atoms with Crippen LogP contribution < -0.4 is 5.32 Å². The van der Waals surface area contributed by atoms with Gasteiger partial charge in [0.25, 0.3) is 5.91 Å². The van der Waals surface area contributed by atoms with Gasteiger partial charge in [0.2, 0.25) is 5.91 Å². The topological polar surface area (TPSA) is 76.4 Å². The molecule has 2 rings (SSSR count). The third-order valence-corrected chi connectivity index (χ3v) is 4.29. The number of piperazine rings is 1. The van der Waals surface area contributed by atoms with Gasteiger partial charge in [-0.25, -0.2) is 0 Å². The van der Waals surface area contributed by atoms with Crippen LogP contribution in [0.15, 0.2) is 24.3 Å². The van der Waals surface area contributed by atoms with E-state index in [1.807, 2.05) is 13.8 Å². The van der Waals surface area contributed by atoms with Crippen molar-refractivity contribution in [3.05, 3.63) is 35.4 Å². The molecule has 128 valence electrons. The highest BCUT2D eigenvalue weighted by molar-refractivity contribution is 5.94. The second kappa shape index (κ2) is 8.46. The number of carbonyl (C=O) groups is 2. The summed E-state index contributed by atoms with van der Waals surface area (Å²) in [6.07, 6.45) is 0.912. The molecular weight excluding hydrogens is 304 g/mol. The van der Waals surface area contributed by atoms with Crippen LogP contribution >= 0.6 is 0 Å². The van der Waals surface area contributed by atoms with Crippen LogP contribution in [0.3, 0.4) is 0 Å². The number of rotatable bonds is 5. The minimum absolute atomic E-state index is 0.0332. The maximum Gasteiger partial charge on any atom is 0.253 e. The van der Waals surface area contributed by atoms with Crippen LogP contribution in [0, 0.1) is 11.3 Å². The molecule has 1 aliphatic rings. The number of nitrogens with zero attached hydrogens (tertiary/aromatic N) is 3. The van der Waals surface area contributed by atoms with Gasteiger partial charge in [0.15, 0.2) is 0 Å². The maximum absolute atomic E-state index is 12.5. The zero-order valence-electron chi connectivity index (χ0n) is 14.3.